The summed E-state index contributed by atoms with van der Waals surface area (Å²) in [6.45, 7) is 1.07. The van der Waals surface area contributed by atoms with Gasteiger partial charge in [0.1, 0.15) is 0 Å². The van der Waals surface area contributed by atoms with Crippen LogP contribution >= 0.6 is 0 Å². The van der Waals surface area contributed by atoms with Crippen LogP contribution in [0.4, 0.5) is 0 Å². The number of hydrogen-bond donors (Lipinski definition) is 5. The number of rotatable bonds is 5. The van der Waals surface area contributed by atoms with Crippen molar-refractivity contribution in [3.63, 3.8) is 0 Å². The van der Waals surface area contributed by atoms with Gasteiger partial charge < -0.3 is 27.0 Å². The van der Waals surface area contributed by atoms with E-state index in [2.05, 4.69) is 5.32 Å². The summed E-state index contributed by atoms with van der Waals surface area (Å²) in [4.78, 5) is 9.95. The summed E-state index contributed by atoms with van der Waals surface area (Å²) in [5, 5.41) is 18.5. The van der Waals surface area contributed by atoms with E-state index in [1.807, 2.05) is 0 Å². The standard InChI is InChI=1S/C4H10N2O2.C2H7NO/c5-4(8)3-6-1-2-7;3-1-2-4/h6-7H,1-3H2,(H2,5,8);4H,1-3H2. The van der Waals surface area contributed by atoms with Gasteiger partial charge in [-0.25, -0.2) is 0 Å². The van der Waals surface area contributed by atoms with E-state index in [1.165, 1.54) is 0 Å². The molecule has 0 unspecified atom stereocenters. The number of carbonyl (C=O) groups is 1. The van der Waals surface area contributed by atoms with Gasteiger partial charge in [0, 0.05) is 13.1 Å². The highest BCUT2D eigenvalue weighted by Crippen LogP contribution is 1.55. The number of aliphatic hydroxyl groups excluding tert-OH is 2. The quantitative estimate of drug-likeness (QED) is 0.288. The Kier molecular flexibility index (Phi) is 15.0. The Morgan fingerprint density at radius 2 is 1.83 bits per heavy atom. The molecule has 6 heteroatoms. The van der Waals surface area contributed by atoms with Crippen molar-refractivity contribution >= 4 is 5.91 Å². The molecule has 0 aromatic rings. The Balaban J connectivity index is 0. The second kappa shape index (κ2) is 12.9. The monoisotopic (exact) mass is 179 g/mol. The van der Waals surface area contributed by atoms with Gasteiger partial charge in [0.25, 0.3) is 0 Å². The number of primary amides is 1. The summed E-state index contributed by atoms with van der Waals surface area (Å²) in [7, 11) is 0. The molecule has 1 amide bonds. The summed E-state index contributed by atoms with van der Waals surface area (Å²) >= 11 is 0. The van der Waals surface area contributed by atoms with Gasteiger partial charge in [0.05, 0.1) is 19.8 Å². The first-order valence-electron chi connectivity index (χ1n) is 3.59. The molecule has 0 aliphatic heterocycles. The highest BCUT2D eigenvalue weighted by atomic mass is 16.3. The Hall–Kier alpha value is -0.690. The fourth-order valence-corrected chi connectivity index (χ4v) is 0.291. The van der Waals surface area contributed by atoms with Gasteiger partial charge in [-0.2, -0.15) is 0 Å². The van der Waals surface area contributed by atoms with Crippen LogP contribution in [0.15, 0.2) is 0 Å². The molecule has 0 aromatic carbocycles. The van der Waals surface area contributed by atoms with E-state index < -0.39 is 5.91 Å². The third kappa shape index (κ3) is 22.8. The normalized spacial score (nSPS) is 8.58. The maximum atomic E-state index is 9.95. The molecule has 0 aromatic heterocycles. The number of hydrogen-bond acceptors (Lipinski definition) is 5. The predicted octanol–water partition coefficient (Wildman–Crippen LogP) is -3.01. The third-order valence-corrected chi connectivity index (χ3v) is 0.717. The molecule has 0 rings (SSSR count). The molecule has 0 aliphatic rings. The molecule has 0 heterocycles. The molecule has 12 heavy (non-hydrogen) atoms. The first-order chi connectivity index (χ1) is 5.68. The average molecular weight is 179 g/mol. The van der Waals surface area contributed by atoms with Gasteiger partial charge in [-0.05, 0) is 0 Å². The lowest BCUT2D eigenvalue weighted by Gasteiger charge is -1.94. The first kappa shape index (κ1) is 13.9. The second-order valence-electron chi connectivity index (χ2n) is 1.88. The molecule has 0 fully saturated rings. The Bertz CT molecular complexity index is 98.0. The van der Waals surface area contributed by atoms with Crippen LogP contribution in [-0.4, -0.2) is 49.0 Å². The number of nitrogens with one attached hydrogen (secondary N) is 1. The minimum Gasteiger partial charge on any atom is -0.395 e. The molecule has 0 radical (unpaired) electrons. The van der Waals surface area contributed by atoms with Crippen molar-refractivity contribution in [3.05, 3.63) is 0 Å². The van der Waals surface area contributed by atoms with Crippen molar-refractivity contribution in [2.75, 3.05) is 32.8 Å². The molecule has 0 aliphatic carbocycles. The lowest BCUT2D eigenvalue weighted by Crippen LogP contribution is -2.30. The predicted molar refractivity (Wildman–Crippen MR) is 45.3 cm³/mol. The molecule has 0 atom stereocenters. The van der Waals surface area contributed by atoms with Crippen molar-refractivity contribution in [1.82, 2.24) is 5.32 Å². The van der Waals surface area contributed by atoms with Gasteiger partial charge in [-0.3, -0.25) is 4.79 Å². The van der Waals surface area contributed by atoms with E-state index in [1.54, 1.807) is 0 Å². The number of amides is 1. The summed E-state index contributed by atoms with van der Waals surface area (Å²) in [5.74, 6) is -0.404. The summed E-state index contributed by atoms with van der Waals surface area (Å²) in [5.41, 5.74) is 9.53. The van der Waals surface area contributed by atoms with Gasteiger partial charge in [-0.1, -0.05) is 0 Å². The van der Waals surface area contributed by atoms with E-state index in [0.29, 0.717) is 13.1 Å². The molecule has 0 spiro atoms. The largest absolute Gasteiger partial charge is 0.395 e. The fourth-order valence-electron chi connectivity index (χ4n) is 0.291. The van der Waals surface area contributed by atoms with Crippen LogP contribution in [0.25, 0.3) is 0 Å². The van der Waals surface area contributed by atoms with Crippen molar-refractivity contribution in [1.29, 1.82) is 0 Å². The number of aliphatic hydroxyl groups is 2. The topological polar surface area (TPSA) is 122 Å². The molecular formula is C6H17N3O3. The summed E-state index contributed by atoms with van der Waals surface area (Å²) < 4.78 is 0. The minimum atomic E-state index is -0.404. The van der Waals surface area contributed by atoms with Crippen LogP contribution < -0.4 is 16.8 Å². The highest BCUT2D eigenvalue weighted by molar-refractivity contribution is 5.75. The minimum absolute atomic E-state index is 0.0350. The van der Waals surface area contributed by atoms with E-state index in [-0.39, 0.29) is 19.8 Å². The molecule has 7 N–H and O–H groups in total. The summed E-state index contributed by atoms with van der Waals surface area (Å²) in [6, 6.07) is 0. The van der Waals surface area contributed by atoms with E-state index in [9.17, 15) is 4.79 Å². The third-order valence-electron chi connectivity index (χ3n) is 0.717. The van der Waals surface area contributed by atoms with Gasteiger partial charge in [-0.15, -0.1) is 0 Å². The van der Waals surface area contributed by atoms with E-state index in [0.717, 1.165) is 0 Å². The van der Waals surface area contributed by atoms with Crippen molar-refractivity contribution in [2.24, 2.45) is 11.5 Å². The molecule has 0 bridgehead atoms. The van der Waals surface area contributed by atoms with Crippen LogP contribution in [0.2, 0.25) is 0 Å². The van der Waals surface area contributed by atoms with Crippen LogP contribution in [0.3, 0.4) is 0 Å². The van der Waals surface area contributed by atoms with Crippen LogP contribution in [0, 0.1) is 0 Å². The molecular weight excluding hydrogens is 162 g/mol. The van der Waals surface area contributed by atoms with Crippen LogP contribution in [-0.2, 0) is 4.79 Å². The zero-order valence-electron chi connectivity index (χ0n) is 6.99. The lowest BCUT2D eigenvalue weighted by molar-refractivity contribution is -0.117. The molecule has 6 nitrogen and oxygen atoms in total. The van der Waals surface area contributed by atoms with Crippen LogP contribution in [0.5, 0.6) is 0 Å². The average Bonchev–Trinajstić information content (AvgIpc) is 2.05. The highest BCUT2D eigenvalue weighted by Gasteiger charge is 1.88. The first-order valence-corrected chi connectivity index (χ1v) is 3.59. The Labute approximate surface area is 71.5 Å². The van der Waals surface area contributed by atoms with Crippen LogP contribution in [0.1, 0.15) is 0 Å². The Morgan fingerprint density at radius 1 is 1.33 bits per heavy atom. The zero-order chi connectivity index (χ0) is 9.82. The van der Waals surface area contributed by atoms with Crippen molar-refractivity contribution in [2.45, 2.75) is 0 Å². The van der Waals surface area contributed by atoms with E-state index in [4.69, 9.17) is 21.7 Å². The molecule has 74 valence electrons. The fraction of sp³-hybridized carbons (Fsp3) is 0.833. The second-order valence-corrected chi connectivity index (χ2v) is 1.88. The zero-order valence-corrected chi connectivity index (χ0v) is 6.99. The molecule has 0 saturated carbocycles. The maximum Gasteiger partial charge on any atom is 0.231 e. The van der Waals surface area contributed by atoms with Gasteiger partial charge in [0.2, 0.25) is 5.91 Å². The smallest absolute Gasteiger partial charge is 0.231 e. The SMILES string of the molecule is NC(=O)CNCCO.NCCO. The van der Waals surface area contributed by atoms with Gasteiger partial charge >= 0.3 is 0 Å². The number of carbonyl (C=O) groups excluding carboxylic acids is 1. The van der Waals surface area contributed by atoms with E-state index >= 15 is 0 Å². The Morgan fingerprint density at radius 3 is 2.08 bits per heavy atom. The van der Waals surface area contributed by atoms with Crippen molar-refractivity contribution in [3.8, 4) is 0 Å². The van der Waals surface area contributed by atoms with Gasteiger partial charge in [0.15, 0.2) is 0 Å². The summed E-state index contributed by atoms with van der Waals surface area (Å²) in [6.07, 6.45) is 0. The molecule has 0 saturated heterocycles. The number of nitrogens with two attached hydrogens (primary N) is 2. The van der Waals surface area contributed by atoms with Crippen molar-refractivity contribution < 1.29 is 15.0 Å². The maximum absolute atomic E-state index is 9.95. The lowest BCUT2D eigenvalue weighted by atomic mass is 10.6.